The minimum Gasteiger partial charge on any atom is -0.494 e. The Morgan fingerprint density at radius 2 is 1.52 bits per heavy atom. The molecule has 1 amide bonds. The van der Waals surface area contributed by atoms with Gasteiger partial charge in [0.25, 0.3) is 0 Å². The maximum absolute atomic E-state index is 13.3. The molecule has 0 saturated heterocycles. The number of anilines is 1. The molecule has 1 heterocycles. The smallest absolute Gasteiger partial charge is 0.237 e. The monoisotopic (exact) mass is 547 g/mol. The fourth-order valence-corrected chi connectivity index (χ4v) is 5.77. The Labute approximate surface area is 235 Å². The van der Waals surface area contributed by atoms with Crippen LogP contribution in [0.15, 0.2) is 96.2 Å². The molecule has 0 aliphatic heterocycles. The fourth-order valence-electron chi connectivity index (χ4n) is 4.82. The Balaban J connectivity index is 1.25. The highest BCUT2D eigenvalue weighted by atomic mass is 32.2. The van der Waals surface area contributed by atoms with Gasteiger partial charge < -0.3 is 10.1 Å². The lowest BCUT2D eigenvalue weighted by Gasteiger charge is -2.19. The zero-order valence-corrected chi connectivity index (χ0v) is 22.7. The molecule has 4 aromatic carbocycles. The summed E-state index contributed by atoms with van der Waals surface area (Å²) < 4.78 is 7.62. The summed E-state index contributed by atoms with van der Waals surface area (Å²) >= 11 is 1.34. The van der Waals surface area contributed by atoms with Crippen molar-refractivity contribution in [3.63, 3.8) is 0 Å². The predicted octanol–water partition coefficient (Wildman–Crippen LogP) is 6.32. The van der Waals surface area contributed by atoms with Crippen molar-refractivity contribution in [3.05, 3.63) is 113 Å². The van der Waals surface area contributed by atoms with Gasteiger partial charge in [0.05, 0.1) is 22.9 Å². The minimum absolute atomic E-state index is 0.194. The molecule has 1 atom stereocenters. The SMILES string of the molecule is CCOc1ccc(-n2c(S[C@H](C)C(=O)Nc3ccc4c(c3)C(=O)c3ccccc3C4=O)nc3ccccc32)cc1. The first-order chi connectivity index (χ1) is 19.4. The maximum atomic E-state index is 13.3. The van der Waals surface area contributed by atoms with Crippen molar-refractivity contribution >= 4 is 46.0 Å². The van der Waals surface area contributed by atoms with E-state index < -0.39 is 5.25 Å². The summed E-state index contributed by atoms with van der Waals surface area (Å²) in [6.07, 6.45) is 0. The number of carbonyl (C=O) groups is 3. The lowest BCUT2D eigenvalue weighted by Crippen LogP contribution is -2.24. The quantitative estimate of drug-likeness (QED) is 0.235. The summed E-state index contributed by atoms with van der Waals surface area (Å²) in [6.45, 7) is 4.34. The Hall–Kier alpha value is -4.69. The summed E-state index contributed by atoms with van der Waals surface area (Å²) in [4.78, 5) is 44.1. The van der Waals surface area contributed by atoms with Gasteiger partial charge in [0, 0.05) is 33.6 Å². The van der Waals surface area contributed by atoms with Gasteiger partial charge in [0.2, 0.25) is 5.91 Å². The van der Waals surface area contributed by atoms with Crippen LogP contribution >= 0.6 is 11.8 Å². The number of nitrogens with zero attached hydrogens (tertiary/aromatic N) is 2. The van der Waals surface area contributed by atoms with E-state index in [-0.39, 0.29) is 17.5 Å². The molecule has 0 radical (unpaired) electrons. The second-order valence-corrected chi connectivity index (χ2v) is 10.7. The van der Waals surface area contributed by atoms with E-state index in [2.05, 4.69) is 5.32 Å². The van der Waals surface area contributed by atoms with E-state index in [4.69, 9.17) is 9.72 Å². The summed E-state index contributed by atoms with van der Waals surface area (Å²) in [5, 5.41) is 3.08. The standard InChI is InChI=1S/C32H25N3O4S/c1-3-39-22-15-13-21(14-16-22)35-28-11-7-6-10-27(28)34-32(35)40-19(2)31(38)33-20-12-17-25-26(18-20)30(37)24-9-5-4-8-23(24)29(25)36/h4-19H,3H2,1-2H3,(H,33,38)/t19-/m1/s1. The van der Waals surface area contributed by atoms with Crippen molar-refractivity contribution in [1.82, 2.24) is 9.55 Å². The number of thioether (sulfide) groups is 1. The van der Waals surface area contributed by atoms with Crippen molar-refractivity contribution in [1.29, 1.82) is 0 Å². The second kappa shape index (κ2) is 10.5. The summed E-state index contributed by atoms with van der Waals surface area (Å²) in [5.74, 6) is 0.115. The van der Waals surface area contributed by atoms with Gasteiger partial charge >= 0.3 is 0 Å². The van der Waals surface area contributed by atoms with Gasteiger partial charge in [-0.1, -0.05) is 48.2 Å². The van der Waals surface area contributed by atoms with Crippen molar-refractivity contribution in [2.45, 2.75) is 24.3 Å². The number of benzene rings is 4. The first kappa shape index (κ1) is 25.6. The third-order valence-corrected chi connectivity index (χ3v) is 7.83. The van der Waals surface area contributed by atoms with Crippen LogP contribution in [0.5, 0.6) is 5.75 Å². The number of imidazole rings is 1. The molecule has 5 aromatic rings. The predicted molar refractivity (Wildman–Crippen MR) is 156 cm³/mol. The molecule has 7 nitrogen and oxygen atoms in total. The Bertz CT molecular complexity index is 1790. The Kier molecular flexibility index (Phi) is 6.69. The highest BCUT2D eigenvalue weighted by molar-refractivity contribution is 8.00. The molecular formula is C32H25N3O4S. The molecule has 0 bridgehead atoms. The average Bonchev–Trinajstić information content (AvgIpc) is 3.34. The molecule has 1 aliphatic rings. The number of hydrogen-bond acceptors (Lipinski definition) is 6. The van der Waals surface area contributed by atoms with Crippen molar-refractivity contribution in [2.24, 2.45) is 0 Å². The van der Waals surface area contributed by atoms with Crippen LogP contribution in [-0.4, -0.2) is 38.9 Å². The topological polar surface area (TPSA) is 90.3 Å². The van der Waals surface area contributed by atoms with Gasteiger partial charge in [-0.15, -0.1) is 0 Å². The Morgan fingerprint density at radius 3 is 2.25 bits per heavy atom. The number of amides is 1. The van der Waals surface area contributed by atoms with E-state index >= 15 is 0 Å². The highest BCUT2D eigenvalue weighted by Crippen LogP contribution is 2.33. The fraction of sp³-hybridized carbons (Fsp3) is 0.125. The normalized spacial score (nSPS) is 13.1. The van der Waals surface area contributed by atoms with E-state index in [1.54, 1.807) is 42.5 Å². The molecule has 0 saturated carbocycles. The summed E-state index contributed by atoms with van der Waals surface area (Å²) in [5.41, 5.74) is 4.52. The number of carbonyl (C=O) groups excluding carboxylic acids is 3. The first-order valence-corrected chi connectivity index (χ1v) is 13.8. The molecule has 0 fully saturated rings. The van der Waals surface area contributed by atoms with Gasteiger partial charge in [-0.25, -0.2) is 4.98 Å². The van der Waals surface area contributed by atoms with Crippen molar-refractivity contribution in [2.75, 3.05) is 11.9 Å². The summed E-state index contributed by atoms with van der Waals surface area (Å²) in [7, 11) is 0. The zero-order chi connectivity index (χ0) is 27.8. The van der Waals surface area contributed by atoms with Gasteiger partial charge in [-0.3, -0.25) is 19.0 Å². The Morgan fingerprint density at radius 1 is 0.875 bits per heavy atom. The van der Waals surface area contributed by atoms with Gasteiger partial charge in [-0.05, 0) is 68.4 Å². The number of ether oxygens (including phenoxy) is 1. The van der Waals surface area contributed by atoms with E-state index in [1.165, 1.54) is 11.8 Å². The molecule has 1 aromatic heterocycles. The number of ketones is 2. The molecular weight excluding hydrogens is 522 g/mol. The van der Waals surface area contributed by atoms with Gasteiger partial charge in [0.15, 0.2) is 16.7 Å². The van der Waals surface area contributed by atoms with E-state index in [0.717, 1.165) is 22.5 Å². The third kappa shape index (κ3) is 4.56. The molecule has 198 valence electrons. The lowest BCUT2D eigenvalue weighted by molar-refractivity contribution is -0.115. The second-order valence-electron chi connectivity index (χ2n) is 9.36. The van der Waals surface area contributed by atoms with Crippen LogP contribution in [0.3, 0.4) is 0 Å². The summed E-state index contributed by atoms with van der Waals surface area (Å²) in [6, 6.07) is 27.2. The van der Waals surface area contributed by atoms with Crippen LogP contribution in [0.1, 0.15) is 45.7 Å². The van der Waals surface area contributed by atoms with E-state index in [0.29, 0.717) is 39.7 Å². The van der Waals surface area contributed by atoms with Crippen LogP contribution in [0.4, 0.5) is 5.69 Å². The molecule has 0 spiro atoms. The maximum Gasteiger partial charge on any atom is 0.237 e. The molecule has 1 N–H and O–H groups in total. The van der Waals surface area contributed by atoms with E-state index in [9.17, 15) is 14.4 Å². The minimum atomic E-state index is -0.507. The van der Waals surface area contributed by atoms with Crippen LogP contribution in [0.25, 0.3) is 16.7 Å². The molecule has 1 aliphatic carbocycles. The third-order valence-electron chi connectivity index (χ3n) is 6.78. The number of hydrogen-bond donors (Lipinski definition) is 1. The van der Waals surface area contributed by atoms with Crippen molar-refractivity contribution < 1.29 is 19.1 Å². The number of rotatable bonds is 7. The zero-order valence-electron chi connectivity index (χ0n) is 21.9. The van der Waals surface area contributed by atoms with Crippen LogP contribution in [0, 0.1) is 0 Å². The molecule has 0 unspecified atom stereocenters. The lowest BCUT2D eigenvalue weighted by atomic mass is 9.84. The van der Waals surface area contributed by atoms with Gasteiger partial charge in [0.1, 0.15) is 5.75 Å². The van der Waals surface area contributed by atoms with E-state index in [1.807, 2.05) is 66.9 Å². The molecule has 6 rings (SSSR count). The van der Waals surface area contributed by atoms with Gasteiger partial charge in [-0.2, -0.15) is 0 Å². The average molecular weight is 548 g/mol. The highest BCUT2D eigenvalue weighted by Gasteiger charge is 2.30. The molecule has 40 heavy (non-hydrogen) atoms. The van der Waals surface area contributed by atoms with Crippen molar-refractivity contribution in [3.8, 4) is 11.4 Å². The number of para-hydroxylation sites is 2. The number of aromatic nitrogens is 2. The molecule has 8 heteroatoms. The van der Waals surface area contributed by atoms with Crippen LogP contribution in [-0.2, 0) is 4.79 Å². The van der Waals surface area contributed by atoms with Crippen LogP contribution < -0.4 is 10.1 Å². The largest absolute Gasteiger partial charge is 0.494 e. The van der Waals surface area contributed by atoms with Crippen LogP contribution in [0.2, 0.25) is 0 Å². The number of nitrogens with one attached hydrogen (secondary N) is 1. The number of fused-ring (bicyclic) bond motifs is 3. The first-order valence-electron chi connectivity index (χ1n) is 13.0.